The van der Waals surface area contributed by atoms with Gasteiger partial charge in [-0.05, 0) is 5.56 Å². The molecule has 0 spiro atoms. The van der Waals surface area contributed by atoms with E-state index in [4.69, 9.17) is 10.5 Å². The van der Waals surface area contributed by atoms with Crippen molar-refractivity contribution in [2.75, 3.05) is 0 Å². The van der Waals surface area contributed by atoms with Crippen molar-refractivity contribution in [2.45, 2.75) is 18.0 Å². The molecule has 0 amide bonds. The Bertz CT molecular complexity index is 287. The first kappa shape index (κ1) is 11.2. The molecule has 0 bridgehead atoms. The third kappa shape index (κ3) is 4.39. The number of esters is 1. The Labute approximate surface area is 91.4 Å². The second-order valence-corrected chi connectivity index (χ2v) is 4.04. The Morgan fingerprint density at radius 1 is 1.43 bits per heavy atom. The van der Waals surface area contributed by atoms with Crippen LogP contribution >= 0.6 is 15.9 Å². The van der Waals surface area contributed by atoms with Crippen molar-refractivity contribution < 1.29 is 9.53 Å². The summed E-state index contributed by atoms with van der Waals surface area (Å²) in [5.41, 5.74) is 6.35. The highest BCUT2D eigenvalue weighted by molar-refractivity contribution is 9.09. The van der Waals surface area contributed by atoms with Crippen molar-refractivity contribution in [3.05, 3.63) is 35.9 Å². The zero-order valence-electron chi connectivity index (χ0n) is 7.65. The SMILES string of the molecule is NC(Br)CC(=O)OCc1ccccc1. The minimum absolute atomic E-state index is 0.187. The van der Waals surface area contributed by atoms with Crippen LogP contribution in [0.3, 0.4) is 0 Å². The van der Waals surface area contributed by atoms with E-state index in [1.807, 2.05) is 30.3 Å². The third-order valence-electron chi connectivity index (χ3n) is 1.60. The molecule has 0 saturated heterocycles. The van der Waals surface area contributed by atoms with Crippen LogP contribution in [0.25, 0.3) is 0 Å². The average molecular weight is 258 g/mol. The van der Waals surface area contributed by atoms with Crippen molar-refractivity contribution in [1.29, 1.82) is 0 Å². The minimum Gasteiger partial charge on any atom is -0.461 e. The van der Waals surface area contributed by atoms with Gasteiger partial charge in [0.05, 0.1) is 11.4 Å². The van der Waals surface area contributed by atoms with Crippen molar-refractivity contribution in [3.8, 4) is 0 Å². The highest BCUT2D eigenvalue weighted by Gasteiger charge is 2.07. The molecule has 0 aliphatic rings. The van der Waals surface area contributed by atoms with Crippen LogP contribution in [0.4, 0.5) is 0 Å². The van der Waals surface area contributed by atoms with Crippen molar-refractivity contribution in [1.82, 2.24) is 0 Å². The maximum atomic E-state index is 11.1. The van der Waals surface area contributed by atoms with Gasteiger partial charge in [0.2, 0.25) is 0 Å². The second-order valence-electron chi connectivity index (χ2n) is 2.87. The largest absolute Gasteiger partial charge is 0.461 e. The van der Waals surface area contributed by atoms with E-state index >= 15 is 0 Å². The van der Waals surface area contributed by atoms with Crippen LogP contribution in [0.5, 0.6) is 0 Å². The van der Waals surface area contributed by atoms with E-state index in [1.54, 1.807) is 0 Å². The summed E-state index contributed by atoms with van der Waals surface area (Å²) in [6.07, 6.45) is 0.187. The molecule has 0 radical (unpaired) electrons. The molecule has 1 aromatic rings. The average Bonchev–Trinajstić information content (AvgIpc) is 2.15. The minimum atomic E-state index is -0.328. The molecule has 0 fully saturated rings. The van der Waals surface area contributed by atoms with Crippen LogP contribution < -0.4 is 5.73 Å². The number of ether oxygens (including phenoxy) is 1. The Hall–Kier alpha value is -0.870. The highest BCUT2D eigenvalue weighted by atomic mass is 79.9. The zero-order chi connectivity index (χ0) is 10.4. The molecule has 1 rings (SSSR count). The smallest absolute Gasteiger partial charge is 0.308 e. The van der Waals surface area contributed by atoms with E-state index in [2.05, 4.69) is 15.9 Å². The van der Waals surface area contributed by atoms with Gasteiger partial charge in [0.25, 0.3) is 0 Å². The molecule has 14 heavy (non-hydrogen) atoms. The van der Waals surface area contributed by atoms with Crippen LogP contribution in [0.1, 0.15) is 12.0 Å². The first-order valence-corrected chi connectivity index (χ1v) is 5.19. The first-order chi connectivity index (χ1) is 6.68. The van der Waals surface area contributed by atoms with Crippen LogP contribution in [-0.2, 0) is 16.1 Å². The van der Waals surface area contributed by atoms with E-state index in [0.717, 1.165) is 5.56 Å². The van der Waals surface area contributed by atoms with Crippen LogP contribution in [0, 0.1) is 0 Å². The topological polar surface area (TPSA) is 52.3 Å². The Morgan fingerprint density at radius 3 is 2.64 bits per heavy atom. The molecular formula is C10H12BrNO2. The van der Waals surface area contributed by atoms with E-state index in [9.17, 15) is 4.79 Å². The summed E-state index contributed by atoms with van der Waals surface area (Å²) in [7, 11) is 0. The lowest BCUT2D eigenvalue weighted by atomic mass is 10.2. The fourth-order valence-corrected chi connectivity index (χ4v) is 1.22. The lowest BCUT2D eigenvalue weighted by molar-refractivity contribution is -0.144. The Kier molecular flexibility index (Phi) is 4.62. The summed E-state index contributed by atoms with van der Waals surface area (Å²) in [6, 6.07) is 9.53. The summed E-state index contributed by atoms with van der Waals surface area (Å²) in [4.78, 5) is 10.8. The molecule has 1 unspecified atom stereocenters. The molecule has 0 aromatic heterocycles. The van der Waals surface area contributed by atoms with Crippen LogP contribution in [-0.4, -0.2) is 10.9 Å². The van der Waals surface area contributed by atoms with E-state index in [-0.39, 0.29) is 17.3 Å². The van der Waals surface area contributed by atoms with Crippen LogP contribution in [0.15, 0.2) is 30.3 Å². The van der Waals surface area contributed by atoms with Gasteiger partial charge in [0, 0.05) is 0 Å². The molecule has 0 aliphatic heterocycles. The Morgan fingerprint density at radius 2 is 2.07 bits per heavy atom. The summed E-state index contributed by atoms with van der Waals surface area (Å²) >= 11 is 3.08. The molecular weight excluding hydrogens is 246 g/mol. The molecule has 1 aromatic carbocycles. The number of carbonyl (C=O) groups is 1. The van der Waals surface area contributed by atoms with Crippen molar-refractivity contribution in [3.63, 3.8) is 0 Å². The summed E-state index contributed by atoms with van der Waals surface area (Å²) in [5, 5.41) is 0. The van der Waals surface area contributed by atoms with Gasteiger partial charge in [-0.1, -0.05) is 46.3 Å². The molecule has 4 heteroatoms. The molecule has 0 heterocycles. The standard InChI is InChI=1S/C10H12BrNO2/c11-9(12)6-10(13)14-7-8-4-2-1-3-5-8/h1-5,9H,6-7,12H2. The number of benzene rings is 1. The van der Waals surface area contributed by atoms with Crippen molar-refractivity contribution >= 4 is 21.9 Å². The van der Waals surface area contributed by atoms with Gasteiger partial charge in [-0.15, -0.1) is 0 Å². The van der Waals surface area contributed by atoms with Gasteiger partial charge in [0.15, 0.2) is 0 Å². The van der Waals surface area contributed by atoms with E-state index < -0.39 is 0 Å². The lowest BCUT2D eigenvalue weighted by Gasteiger charge is -2.05. The fourth-order valence-electron chi connectivity index (χ4n) is 0.956. The number of halogens is 1. The van der Waals surface area contributed by atoms with Gasteiger partial charge >= 0.3 is 5.97 Å². The molecule has 0 aliphatic carbocycles. The molecule has 3 nitrogen and oxygen atoms in total. The second kappa shape index (κ2) is 5.78. The maximum absolute atomic E-state index is 11.1. The number of carbonyl (C=O) groups excluding carboxylic acids is 1. The predicted octanol–water partition coefficient (Wildman–Crippen LogP) is 1.80. The number of nitrogens with two attached hydrogens (primary N) is 1. The number of alkyl halides is 1. The predicted molar refractivity (Wildman–Crippen MR) is 57.8 cm³/mol. The van der Waals surface area contributed by atoms with Gasteiger partial charge in [-0.2, -0.15) is 0 Å². The molecule has 2 N–H and O–H groups in total. The normalized spacial score (nSPS) is 12.1. The third-order valence-corrected chi connectivity index (χ3v) is 1.93. The molecule has 76 valence electrons. The quantitative estimate of drug-likeness (QED) is 0.509. The van der Waals surface area contributed by atoms with Crippen LogP contribution in [0.2, 0.25) is 0 Å². The summed E-state index contributed by atoms with van der Waals surface area (Å²) in [6.45, 7) is 0.305. The Balaban J connectivity index is 2.31. The van der Waals surface area contributed by atoms with E-state index in [1.165, 1.54) is 0 Å². The highest BCUT2D eigenvalue weighted by Crippen LogP contribution is 2.04. The number of hydrogen-bond donors (Lipinski definition) is 1. The fraction of sp³-hybridized carbons (Fsp3) is 0.300. The summed E-state index contributed by atoms with van der Waals surface area (Å²) < 4.78 is 4.99. The first-order valence-electron chi connectivity index (χ1n) is 4.27. The lowest BCUT2D eigenvalue weighted by Crippen LogP contribution is -2.18. The van der Waals surface area contributed by atoms with Crippen molar-refractivity contribution in [2.24, 2.45) is 5.73 Å². The number of rotatable bonds is 4. The van der Waals surface area contributed by atoms with Gasteiger partial charge in [-0.3, -0.25) is 4.79 Å². The maximum Gasteiger partial charge on any atom is 0.308 e. The monoisotopic (exact) mass is 257 g/mol. The molecule has 0 saturated carbocycles. The van der Waals surface area contributed by atoms with Gasteiger partial charge in [0.1, 0.15) is 6.61 Å². The molecule has 1 atom stereocenters. The van der Waals surface area contributed by atoms with Gasteiger partial charge < -0.3 is 10.5 Å². The van der Waals surface area contributed by atoms with Gasteiger partial charge in [-0.25, -0.2) is 0 Å². The summed E-state index contributed by atoms with van der Waals surface area (Å²) in [5.74, 6) is -0.293. The number of hydrogen-bond acceptors (Lipinski definition) is 3. The zero-order valence-corrected chi connectivity index (χ0v) is 9.24. The van der Waals surface area contributed by atoms with E-state index in [0.29, 0.717) is 6.61 Å².